The molecule has 0 unspecified atom stereocenters. The van der Waals surface area contributed by atoms with E-state index < -0.39 is 0 Å². The average molecular weight is 238 g/mol. The zero-order valence-electron chi connectivity index (χ0n) is 8.04. The van der Waals surface area contributed by atoms with Crippen LogP contribution >= 0.6 is 24.0 Å². The van der Waals surface area contributed by atoms with Crippen LogP contribution in [0, 0.1) is 0 Å². The first-order valence-corrected chi connectivity index (χ1v) is 4.21. The predicted molar refractivity (Wildman–Crippen MR) is 59.7 cm³/mol. The van der Waals surface area contributed by atoms with E-state index in [4.69, 9.17) is 26.8 Å². The van der Waals surface area contributed by atoms with E-state index in [1.165, 1.54) is 0 Å². The highest BCUT2D eigenvalue weighted by molar-refractivity contribution is 6.32. The molecular weight excluding hydrogens is 225 g/mol. The minimum atomic E-state index is 0. The summed E-state index contributed by atoms with van der Waals surface area (Å²) in [7, 11) is 3.14. The number of nitrogens with two attached hydrogens (primary N) is 1. The van der Waals surface area contributed by atoms with E-state index in [9.17, 15) is 0 Å². The summed E-state index contributed by atoms with van der Waals surface area (Å²) in [6.07, 6.45) is 0. The summed E-state index contributed by atoms with van der Waals surface area (Å²) >= 11 is 5.90. The number of benzene rings is 1. The normalized spacial score (nSPS) is 9.14. The average Bonchev–Trinajstić information content (AvgIpc) is 2.17. The van der Waals surface area contributed by atoms with Gasteiger partial charge in [0.2, 0.25) is 0 Å². The smallest absolute Gasteiger partial charge is 0.141 e. The van der Waals surface area contributed by atoms with Crippen molar-refractivity contribution in [2.75, 3.05) is 14.2 Å². The number of ether oxygens (including phenoxy) is 2. The Hall–Kier alpha value is -0.640. The van der Waals surface area contributed by atoms with E-state index >= 15 is 0 Å². The van der Waals surface area contributed by atoms with Gasteiger partial charge >= 0.3 is 0 Å². The summed E-state index contributed by atoms with van der Waals surface area (Å²) in [5, 5.41) is 0.545. The molecule has 0 saturated carbocycles. The van der Waals surface area contributed by atoms with Gasteiger partial charge in [-0.15, -0.1) is 12.4 Å². The van der Waals surface area contributed by atoms with Gasteiger partial charge in [-0.25, -0.2) is 0 Å². The molecule has 5 heteroatoms. The van der Waals surface area contributed by atoms with Gasteiger partial charge in [0.25, 0.3) is 0 Å². The molecule has 0 aromatic heterocycles. The Bertz CT molecular complexity index is 305. The molecule has 3 nitrogen and oxygen atoms in total. The molecule has 0 aliphatic heterocycles. The maximum Gasteiger partial charge on any atom is 0.141 e. The second-order valence-corrected chi connectivity index (χ2v) is 2.91. The minimum Gasteiger partial charge on any atom is -0.496 e. The van der Waals surface area contributed by atoms with Crippen LogP contribution in [0.25, 0.3) is 0 Å². The SMILES string of the molecule is COc1cc(OC)c(CN)cc1Cl.Cl. The van der Waals surface area contributed by atoms with Gasteiger partial charge in [0.15, 0.2) is 0 Å². The van der Waals surface area contributed by atoms with E-state index in [1.807, 2.05) is 0 Å². The Morgan fingerprint density at radius 1 is 1.21 bits per heavy atom. The summed E-state index contributed by atoms with van der Waals surface area (Å²) in [5.74, 6) is 1.29. The fraction of sp³-hybridized carbons (Fsp3) is 0.333. The fourth-order valence-corrected chi connectivity index (χ4v) is 1.35. The molecule has 0 amide bonds. The van der Waals surface area contributed by atoms with Gasteiger partial charge in [0, 0.05) is 18.2 Å². The highest BCUT2D eigenvalue weighted by atomic mass is 35.5. The van der Waals surface area contributed by atoms with Crippen molar-refractivity contribution in [3.05, 3.63) is 22.7 Å². The Morgan fingerprint density at radius 2 is 1.79 bits per heavy atom. The Kier molecular flexibility index (Phi) is 5.69. The number of methoxy groups -OCH3 is 2. The highest BCUT2D eigenvalue weighted by Gasteiger charge is 2.07. The van der Waals surface area contributed by atoms with Gasteiger partial charge in [0.1, 0.15) is 11.5 Å². The molecule has 0 aliphatic carbocycles. The van der Waals surface area contributed by atoms with Crippen LogP contribution in [0.5, 0.6) is 11.5 Å². The maximum atomic E-state index is 5.90. The molecule has 0 fully saturated rings. The quantitative estimate of drug-likeness (QED) is 0.878. The van der Waals surface area contributed by atoms with Crippen molar-refractivity contribution < 1.29 is 9.47 Å². The van der Waals surface area contributed by atoms with Gasteiger partial charge in [-0.1, -0.05) is 11.6 Å². The Morgan fingerprint density at radius 3 is 2.21 bits per heavy atom. The lowest BCUT2D eigenvalue weighted by molar-refractivity contribution is 0.391. The second-order valence-electron chi connectivity index (χ2n) is 2.50. The molecule has 14 heavy (non-hydrogen) atoms. The lowest BCUT2D eigenvalue weighted by Crippen LogP contribution is -2.00. The van der Waals surface area contributed by atoms with E-state index in [0.717, 1.165) is 5.56 Å². The van der Waals surface area contributed by atoms with Crippen molar-refractivity contribution in [3.8, 4) is 11.5 Å². The molecule has 0 bridgehead atoms. The topological polar surface area (TPSA) is 44.5 Å². The number of hydrogen-bond donors (Lipinski definition) is 1. The van der Waals surface area contributed by atoms with Crippen molar-refractivity contribution >= 4 is 24.0 Å². The summed E-state index contributed by atoms with van der Waals surface area (Å²) in [6, 6.07) is 3.48. The van der Waals surface area contributed by atoms with Crippen LogP contribution in [0.4, 0.5) is 0 Å². The van der Waals surface area contributed by atoms with Crippen LogP contribution < -0.4 is 15.2 Å². The first-order chi connectivity index (χ1) is 6.22. The van der Waals surface area contributed by atoms with Crippen molar-refractivity contribution in [1.29, 1.82) is 0 Å². The first-order valence-electron chi connectivity index (χ1n) is 3.83. The molecule has 0 heterocycles. The summed E-state index contributed by atoms with van der Waals surface area (Å²) in [5.41, 5.74) is 6.38. The minimum absolute atomic E-state index is 0. The summed E-state index contributed by atoms with van der Waals surface area (Å²) < 4.78 is 10.1. The predicted octanol–water partition coefficient (Wildman–Crippen LogP) is 2.24. The van der Waals surface area contributed by atoms with Gasteiger partial charge in [0.05, 0.1) is 19.2 Å². The number of halogens is 2. The van der Waals surface area contributed by atoms with Crippen molar-refractivity contribution in [2.45, 2.75) is 6.54 Å². The largest absolute Gasteiger partial charge is 0.496 e. The molecule has 1 aromatic rings. The molecule has 0 spiro atoms. The van der Waals surface area contributed by atoms with Crippen molar-refractivity contribution in [1.82, 2.24) is 0 Å². The molecule has 2 N–H and O–H groups in total. The fourth-order valence-electron chi connectivity index (χ4n) is 1.08. The van der Waals surface area contributed by atoms with Gasteiger partial charge in [-0.2, -0.15) is 0 Å². The van der Waals surface area contributed by atoms with Gasteiger partial charge in [-0.3, -0.25) is 0 Å². The lowest BCUT2D eigenvalue weighted by atomic mass is 10.2. The van der Waals surface area contributed by atoms with E-state index in [-0.39, 0.29) is 12.4 Å². The zero-order chi connectivity index (χ0) is 9.84. The van der Waals surface area contributed by atoms with Gasteiger partial charge in [-0.05, 0) is 6.07 Å². The summed E-state index contributed by atoms with van der Waals surface area (Å²) in [4.78, 5) is 0. The third kappa shape index (κ3) is 2.67. The molecule has 0 aliphatic rings. The molecular formula is C9H13Cl2NO2. The number of rotatable bonds is 3. The van der Waals surface area contributed by atoms with E-state index in [0.29, 0.717) is 23.1 Å². The molecule has 0 atom stereocenters. The first kappa shape index (κ1) is 13.4. The molecule has 1 rings (SSSR count). The molecule has 1 aromatic carbocycles. The molecule has 0 radical (unpaired) electrons. The number of hydrogen-bond acceptors (Lipinski definition) is 3. The van der Waals surface area contributed by atoms with Crippen LogP contribution in [0.15, 0.2) is 12.1 Å². The maximum absolute atomic E-state index is 5.90. The van der Waals surface area contributed by atoms with Crippen LogP contribution in [-0.4, -0.2) is 14.2 Å². The van der Waals surface area contributed by atoms with E-state index in [2.05, 4.69) is 0 Å². The third-order valence-corrected chi connectivity index (χ3v) is 2.07. The van der Waals surface area contributed by atoms with Crippen molar-refractivity contribution in [2.24, 2.45) is 5.73 Å². The Labute approximate surface area is 94.5 Å². The third-order valence-electron chi connectivity index (χ3n) is 1.77. The Balaban J connectivity index is 0.00000169. The van der Waals surface area contributed by atoms with Crippen LogP contribution in [0.3, 0.4) is 0 Å². The van der Waals surface area contributed by atoms with Crippen LogP contribution in [0.2, 0.25) is 5.02 Å². The summed E-state index contributed by atoms with van der Waals surface area (Å²) in [6.45, 7) is 0.396. The second kappa shape index (κ2) is 5.96. The zero-order valence-corrected chi connectivity index (χ0v) is 9.61. The monoisotopic (exact) mass is 237 g/mol. The van der Waals surface area contributed by atoms with Crippen molar-refractivity contribution in [3.63, 3.8) is 0 Å². The van der Waals surface area contributed by atoms with E-state index in [1.54, 1.807) is 26.4 Å². The van der Waals surface area contributed by atoms with Gasteiger partial charge < -0.3 is 15.2 Å². The molecule has 80 valence electrons. The highest BCUT2D eigenvalue weighted by Crippen LogP contribution is 2.32. The molecule has 0 saturated heterocycles. The standard InChI is InChI=1S/C9H12ClNO2.ClH/c1-12-8-4-9(13-2)7(10)3-6(8)5-11;/h3-4H,5,11H2,1-2H3;1H. The lowest BCUT2D eigenvalue weighted by Gasteiger charge is -2.10. The van der Waals surface area contributed by atoms with Crippen LogP contribution in [-0.2, 0) is 6.54 Å². The van der Waals surface area contributed by atoms with Crippen LogP contribution in [0.1, 0.15) is 5.56 Å².